The van der Waals surface area contributed by atoms with E-state index in [9.17, 15) is 52.7 Å². The van der Waals surface area contributed by atoms with Crippen molar-refractivity contribution in [1.82, 2.24) is 0 Å². The van der Waals surface area contributed by atoms with E-state index >= 15 is 0 Å². The quantitative estimate of drug-likeness (QED) is 0.193. The highest BCUT2D eigenvalue weighted by molar-refractivity contribution is 5.49. The van der Waals surface area contributed by atoms with Crippen LogP contribution in [-0.2, 0) is 17.8 Å². The van der Waals surface area contributed by atoms with Gasteiger partial charge in [0, 0.05) is 0 Å². The number of ether oxygens (including phenoxy) is 2. The monoisotopic (exact) mass is 652 g/mol. The summed E-state index contributed by atoms with van der Waals surface area (Å²) in [7, 11) is 0. The third-order valence-corrected chi connectivity index (χ3v) is 6.79. The summed E-state index contributed by atoms with van der Waals surface area (Å²) in [5.74, 6) is -1.38. The fourth-order valence-electron chi connectivity index (χ4n) is 4.74. The standard InChI is InChI=1S/C31H20F12O2/c1-17-13-21(28(32,33)34)15-25(14-17)45-23-11-6-20(7-12-23)27(30(38,39)40,31(41,42)43)19-4-9-22(10-5-19)44-24-8-3-18(2)26(16-24)29(35,36)37/h3-16H,1-2H3. The second-order valence-electron chi connectivity index (χ2n) is 10.0. The van der Waals surface area contributed by atoms with E-state index in [0.29, 0.717) is 36.4 Å². The average Bonchev–Trinajstić information content (AvgIpc) is 2.89. The van der Waals surface area contributed by atoms with Crippen LogP contribution in [0.5, 0.6) is 23.0 Å². The molecule has 0 aliphatic carbocycles. The summed E-state index contributed by atoms with van der Waals surface area (Å²) < 4.78 is 177. The fraction of sp³-hybridized carbons (Fsp3) is 0.226. The molecule has 0 unspecified atom stereocenters. The Hall–Kier alpha value is -4.36. The molecule has 240 valence electrons. The molecule has 0 saturated carbocycles. The minimum absolute atomic E-state index is 0.133. The highest BCUT2D eigenvalue weighted by Crippen LogP contribution is 2.56. The molecule has 4 rings (SSSR count). The van der Waals surface area contributed by atoms with Crippen molar-refractivity contribution in [3.05, 3.63) is 118 Å². The summed E-state index contributed by atoms with van der Waals surface area (Å²) in [6.07, 6.45) is -21.4. The maximum Gasteiger partial charge on any atom is 0.416 e. The molecule has 4 aromatic rings. The SMILES string of the molecule is Cc1cc(Oc2ccc(C(c3ccc(Oc4ccc(C)c(C(F)(F)F)c4)cc3)(C(F)(F)F)C(F)(F)F)cc2)cc(C(F)(F)F)c1. The van der Waals surface area contributed by atoms with Crippen LogP contribution in [0.2, 0.25) is 0 Å². The normalized spacial score (nSPS) is 13.1. The average molecular weight is 652 g/mol. The summed E-state index contributed by atoms with van der Waals surface area (Å²) >= 11 is 0. The van der Waals surface area contributed by atoms with E-state index in [1.54, 1.807) is 0 Å². The molecule has 0 bridgehead atoms. The van der Waals surface area contributed by atoms with Crippen LogP contribution in [0.25, 0.3) is 0 Å². The van der Waals surface area contributed by atoms with Gasteiger partial charge < -0.3 is 9.47 Å². The lowest BCUT2D eigenvalue weighted by Gasteiger charge is -2.38. The molecular formula is C31H20F12O2. The molecule has 2 nitrogen and oxygen atoms in total. The van der Waals surface area contributed by atoms with Gasteiger partial charge in [0.15, 0.2) is 0 Å². The van der Waals surface area contributed by atoms with Gasteiger partial charge in [-0.3, -0.25) is 0 Å². The summed E-state index contributed by atoms with van der Waals surface area (Å²) in [6.45, 7) is 2.53. The van der Waals surface area contributed by atoms with Gasteiger partial charge in [-0.1, -0.05) is 30.3 Å². The molecule has 0 aromatic heterocycles. The highest BCUT2D eigenvalue weighted by atomic mass is 19.4. The molecule has 0 heterocycles. The zero-order valence-electron chi connectivity index (χ0n) is 22.9. The Morgan fingerprint density at radius 2 is 0.867 bits per heavy atom. The Morgan fingerprint density at radius 1 is 0.422 bits per heavy atom. The van der Waals surface area contributed by atoms with E-state index in [-0.39, 0.29) is 34.1 Å². The van der Waals surface area contributed by atoms with Crippen molar-refractivity contribution in [1.29, 1.82) is 0 Å². The topological polar surface area (TPSA) is 18.5 Å². The summed E-state index contributed by atoms with van der Waals surface area (Å²) in [6, 6.07) is 10.5. The Morgan fingerprint density at radius 3 is 1.29 bits per heavy atom. The van der Waals surface area contributed by atoms with Gasteiger partial charge in [0.05, 0.1) is 11.1 Å². The Bertz CT molecular complexity index is 1630. The smallest absolute Gasteiger partial charge is 0.416 e. The van der Waals surface area contributed by atoms with E-state index in [4.69, 9.17) is 9.47 Å². The molecule has 14 heteroatoms. The molecule has 0 radical (unpaired) electrons. The van der Waals surface area contributed by atoms with E-state index in [1.807, 2.05) is 0 Å². The van der Waals surface area contributed by atoms with E-state index in [0.717, 1.165) is 42.5 Å². The lowest BCUT2D eigenvalue weighted by atomic mass is 9.73. The van der Waals surface area contributed by atoms with Crippen molar-refractivity contribution in [2.45, 2.75) is 44.0 Å². The molecular weight excluding hydrogens is 632 g/mol. The Kier molecular flexibility index (Phi) is 8.59. The van der Waals surface area contributed by atoms with Gasteiger partial charge in [-0.15, -0.1) is 0 Å². The van der Waals surface area contributed by atoms with Gasteiger partial charge >= 0.3 is 24.7 Å². The third kappa shape index (κ3) is 6.84. The molecule has 0 N–H and O–H groups in total. The Labute approximate surface area is 247 Å². The predicted octanol–water partition coefficient (Wildman–Crippen LogP) is 11.3. The molecule has 0 aliphatic heterocycles. The van der Waals surface area contributed by atoms with Crippen molar-refractivity contribution in [3.8, 4) is 23.0 Å². The zero-order valence-corrected chi connectivity index (χ0v) is 22.9. The van der Waals surface area contributed by atoms with Crippen molar-refractivity contribution in [2.75, 3.05) is 0 Å². The molecule has 4 aromatic carbocycles. The van der Waals surface area contributed by atoms with Crippen molar-refractivity contribution >= 4 is 0 Å². The van der Waals surface area contributed by atoms with E-state index in [1.165, 1.54) is 19.9 Å². The minimum Gasteiger partial charge on any atom is -0.457 e. The van der Waals surface area contributed by atoms with Gasteiger partial charge in [0.1, 0.15) is 23.0 Å². The van der Waals surface area contributed by atoms with Gasteiger partial charge in [0.25, 0.3) is 0 Å². The summed E-state index contributed by atoms with van der Waals surface area (Å²) in [5.41, 5.74) is -9.25. The molecule has 0 spiro atoms. The third-order valence-electron chi connectivity index (χ3n) is 6.79. The van der Waals surface area contributed by atoms with Gasteiger partial charge in [-0.2, -0.15) is 52.7 Å². The van der Waals surface area contributed by atoms with Crippen LogP contribution in [0.3, 0.4) is 0 Å². The second-order valence-corrected chi connectivity index (χ2v) is 10.0. The highest BCUT2D eigenvalue weighted by Gasteiger charge is 2.72. The number of rotatable bonds is 6. The number of hydrogen-bond donors (Lipinski definition) is 0. The second kappa shape index (κ2) is 11.5. The van der Waals surface area contributed by atoms with Crippen LogP contribution in [0.4, 0.5) is 52.7 Å². The number of benzene rings is 4. The maximum absolute atomic E-state index is 14.5. The first-order chi connectivity index (χ1) is 20.6. The van der Waals surface area contributed by atoms with Gasteiger partial charge in [-0.25, -0.2) is 0 Å². The van der Waals surface area contributed by atoms with Gasteiger partial charge in [-0.05, 0) is 90.7 Å². The largest absolute Gasteiger partial charge is 0.457 e. The molecule has 45 heavy (non-hydrogen) atoms. The first kappa shape index (κ1) is 33.5. The van der Waals surface area contributed by atoms with E-state index < -0.39 is 52.4 Å². The number of aryl methyl sites for hydroxylation is 2. The van der Waals surface area contributed by atoms with Crippen molar-refractivity contribution < 1.29 is 62.2 Å². The van der Waals surface area contributed by atoms with E-state index in [2.05, 4.69) is 0 Å². The number of alkyl halides is 12. The van der Waals surface area contributed by atoms with Crippen molar-refractivity contribution in [3.63, 3.8) is 0 Å². The molecule has 0 saturated heterocycles. The maximum atomic E-state index is 14.5. The number of halogens is 12. The van der Waals surface area contributed by atoms with Gasteiger partial charge in [0.2, 0.25) is 5.41 Å². The van der Waals surface area contributed by atoms with Crippen LogP contribution in [0.1, 0.15) is 33.4 Å². The fourth-order valence-corrected chi connectivity index (χ4v) is 4.74. The van der Waals surface area contributed by atoms with Crippen LogP contribution >= 0.6 is 0 Å². The summed E-state index contributed by atoms with van der Waals surface area (Å²) in [4.78, 5) is 0. The first-order valence-corrected chi connectivity index (χ1v) is 12.7. The molecule has 0 amide bonds. The summed E-state index contributed by atoms with van der Waals surface area (Å²) in [5, 5.41) is 0. The Balaban J connectivity index is 1.71. The molecule has 0 aliphatic rings. The minimum atomic E-state index is -5.97. The van der Waals surface area contributed by atoms with Crippen LogP contribution in [0.15, 0.2) is 84.9 Å². The first-order valence-electron chi connectivity index (χ1n) is 12.7. The molecule has 0 atom stereocenters. The predicted molar refractivity (Wildman–Crippen MR) is 138 cm³/mol. The van der Waals surface area contributed by atoms with Crippen LogP contribution < -0.4 is 9.47 Å². The molecule has 0 fully saturated rings. The van der Waals surface area contributed by atoms with Crippen LogP contribution in [-0.4, -0.2) is 12.4 Å². The number of hydrogen-bond acceptors (Lipinski definition) is 2. The zero-order chi connectivity index (χ0) is 33.6. The lowest BCUT2D eigenvalue weighted by Crippen LogP contribution is -2.54. The lowest BCUT2D eigenvalue weighted by molar-refractivity contribution is -0.288. The van der Waals surface area contributed by atoms with Crippen LogP contribution in [0, 0.1) is 13.8 Å². The van der Waals surface area contributed by atoms with Crippen molar-refractivity contribution in [2.24, 2.45) is 0 Å².